The Bertz CT molecular complexity index is 1050. The van der Waals surface area contributed by atoms with Crippen molar-refractivity contribution in [3.05, 3.63) is 59.6 Å². The molecule has 4 heteroatoms. The average molecular weight is 362 g/mol. The van der Waals surface area contributed by atoms with E-state index in [9.17, 15) is 5.11 Å². The van der Waals surface area contributed by atoms with Crippen LogP contribution in [0, 0.1) is 0 Å². The Morgan fingerprint density at radius 2 is 1.88 bits per heavy atom. The van der Waals surface area contributed by atoms with Crippen molar-refractivity contribution in [1.82, 2.24) is 10.3 Å². The van der Waals surface area contributed by atoms with Gasteiger partial charge in [-0.2, -0.15) is 0 Å². The Kier molecular flexibility index (Phi) is 4.62. The van der Waals surface area contributed by atoms with Crippen molar-refractivity contribution in [2.24, 2.45) is 0 Å². The second kappa shape index (κ2) is 7.06. The average Bonchev–Trinajstić information content (AvgIpc) is 3.15. The maximum Gasteiger partial charge on any atom is 0.124 e. The maximum atomic E-state index is 10.6. The second-order valence-electron chi connectivity index (χ2n) is 6.45. The van der Waals surface area contributed by atoms with Gasteiger partial charge in [0.25, 0.3) is 0 Å². The minimum absolute atomic E-state index is 0.296. The summed E-state index contributed by atoms with van der Waals surface area (Å²) in [6.07, 6.45) is 2.96. The molecule has 1 atom stereocenters. The quantitative estimate of drug-likeness (QED) is 0.466. The topological polar surface area (TPSA) is 45.1 Å². The number of pyridine rings is 1. The molecule has 2 heterocycles. The zero-order valence-corrected chi connectivity index (χ0v) is 15.8. The Morgan fingerprint density at radius 1 is 1.08 bits per heavy atom. The van der Waals surface area contributed by atoms with E-state index in [4.69, 9.17) is 0 Å². The van der Waals surface area contributed by atoms with E-state index in [1.807, 2.05) is 12.3 Å². The molecule has 0 aliphatic carbocycles. The van der Waals surface area contributed by atoms with Gasteiger partial charge in [-0.05, 0) is 47.7 Å². The molecule has 0 saturated heterocycles. The number of phenolic OH excluding ortho intramolecular Hbond substituents is 1. The summed E-state index contributed by atoms with van der Waals surface area (Å²) >= 11 is 1.67. The van der Waals surface area contributed by atoms with Crippen molar-refractivity contribution >= 4 is 32.3 Å². The Balaban J connectivity index is 1.88. The largest absolute Gasteiger partial charge is 0.507 e. The number of thiophene rings is 1. The molecule has 132 valence electrons. The molecule has 4 aromatic rings. The number of hydrogen-bond donors (Lipinski definition) is 2. The first kappa shape index (κ1) is 17.0. The van der Waals surface area contributed by atoms with Crippen molar-refractivity contribution in [1.29, 1.82) is 0 Å². The van der Waals surface area contributed by atoms with Crippen molar-refractivity contribution in [2.75, 3.05) is 6.54 Å². The fourth-order valence-corrected chi connectivity index (χ4v) is 4.40. The number of rotatable bonds is 5. The van der Waals surface area contributed by atoms with Crippen LogP contribution >= 0.6 is 11.3 Å². The number of fused-ring (bicyclic) bond motifs is 3. The van der Waals surface area contributed by atoms with Gasteiger partial charge < -0.3 is 10.4 Å². The lowest BCUT2D eigenvalue weighted by atomic mass is 9.95. The number of nitrogens with one attached hydrogen (secondary N) is 1. The molecular formula is C22H22N2OS. The monoisotopic (exact) mass is 362 g/mol. The Morgan fingerprint density at radius 3 is 2.62 bits per heavy atom. The van der Waals surface area contributed by atoms with E-state index >= 15 is 0 Å². The molecule has 0 aliphatic heterocycles. The molecule has 2 aromatic heterocycles. The normalized spacial score (nSPS) is 12.7. The molecule has 0 bridgehead atoms. The molecular weight excluding hydrogens is 340 g/mol. The SMILES string of the molecule is CCN[C@@H](CC)c1ccc(-c2c(O)ccc3ncc4sccc4c23)cc1. The van der Waals surface area contributed by atoms with E-state index in [0.717, 1.165) is 45.1 Å². The van der Waals surface area contributed by atoms with E-state index in [2.05, 4.69) is 59.9 Å². The molecule has 0 unspecified atom stereocenters. The van der Waals surface area contributed by atoms with E-state index in [0.29, 0.717) is 11.8 Å². The van der Waals surface area contributed by atoms with Crippen LogP contribution in [0.15, 0.2) is 54.0 Å². The van der Waals surface area contributed by atoms with Gasteiger partial charge in [0.1, 0.15) is 5.75 Å². The summed E-state index contributed by atoms with van der Waals surface area (Å²) < 4.78 is 1.14. The van der Waals surface area contributed by atoms with Crippen LogP contribution in [0.2, 0.25) is 0 Å². The van der Waals surface area contributed by atoms with Crippen LogP contribution in [-0.4, -0.2) is 16.6 Å². The predicted molar refractivity (Wildman–Crippen MR) is 111 cm³/mol. The van der Waals surface area contributed by atoms with Crippen LogP contribution in [0.1, 0.15) is 31.9 Å². The first-order valence-corrected chi connectivity index (χ1v) is 9.92. The third kappa shape index (κ3) is 2.85. The first-order valence-electron chi connectivity index (χ1n) is 9.04. The molecule has 4 rings (SSSR count). The smallest absolute Gasteiger partial charge is 0.124 e. The van der Waals surface area contributed by atoms with E-state index in [-0.39, 0.29) is 0 Å². The third-order valence-electron chi connectivity index (χ3n) is 4.91. The van der Waals surface area contributed by atoms with E-state index < -0.39 is 0 Å². The second-order valence-corrected chi connectivity index (χ2v) is 7.40. The van der Waals surface area contributed by atoms with Crippen LogP contribution in [0.4, 0.5) is 0 Å². The number of aromatic nitrogens is 1. The number of nitrogens with zero attached hydrogens (tertiary/aromatic N) is 1. The Labute approximate surface area is 157 Å². The van der Waals surface area contributed by atoms with Gasteiger partial charge in [0, 0.05) is 28.6 Å². The molecule has 0 amide bonds. The number of aromatic hydroxyl groups is 1. The molecule has 26 heavy (non-hydrogen) atoms. The minimum atomic E-state index is 0.296. The van der Waals surface area contributed by atoms with Gasteiger partial charge in [-0.25, -0.2) is 0 Å². The molecule has 0 fully saturated rings. The van der Waals surface area contributed by atoms with Gasteiger partial charge in [0.05, 0.1) is 10.2 Å². The lowest BCUT2D eigenvalue weighted by Crippen LogP contribution is -2.19. The Hall–Kier alpha value is -2.43. The van der Waals surface area contributed by atoms with Crippen LogP contribution < -0.4 is 5.32 Å². The summed E-state index contributed by atoms with van der Waals surface area (Å²) in [6, 6.07) is 14.6. The molecule has 2 aromatic carbocycles. The van der Waals surface area contributed by atoms with Crippen molar-refractivity contribution in [3.8, 4) is 16.9 Å². The highest BCUT2D eigenvalue weighted by molar-refractivity contribution is 7.17. The van der Waals surface area contributed by atoms with Gasteiger partial charge in [-0.1, -0.05) is 38.1 Å². The summed E-state index contributed by atoms with van der Waals surface area (Å²) in [7, 11) is 0. The zero-order chi connectivity index (χ0) is 18.1. The highest BCUT2D eigenvalue weighted by atomic mass is 32.1. The van der Waals surface area contributed by atoms with Crippen LogP contribution in [0.25, 0.3) is 32.1 Å². The van der Waals surface area contributed by atoms with E-state index in [1.165, 1.54) is 5.56 Å². The minimum Gasteiger partial charge on any atom is -0.507 e. The fraction of sp³-hybridized carbons (Fsp3) is 0.227. The maximum absolute atomic E-state index is 10.6. The molecule has 2 N–H and O–H groups in total. The van der Waals surface area contributed by atoms with Gasteiger partial charge >= 0.3 is 0 Å². The molecule has 3 nitrogen and oxygen atoms in total. The summed E-state index contributed by atoms with van der Waals surface area (Å²) in [5, 5.41) is 18.4. The number of benzene rings is 2. The van der Waals surface area contributed by atoms with Crippen LogP contribution in [-0.2, 0) is 0 Å². The lowest BCUT2D eigenvalue weighted by molar-refractivity contribution is 0.478. The molecule has 0 spiro atoms. The highest BCUT2D eigenvalue weighted by Gasteiger charge is 2.15. The predicted octanol–water partition coefficient (Wildman–Crippen LogP) is 5.88. The summed E-state index contributed by atoms with van der Waals surface area (Å²) in [4.78, 5) is 4.58. The van der Waals surface area contributed by atoms with Crippen molar-refractivity contribution in [3.63, 3.8) is 0 Å². The standard InChI is InChI=1S/C22H22N2OS/c1-3-17(23-4-2)14-5-7-15(8-6-14)21-19(25)10-9-18-22(21)16-11-12-26-20(16)13-24-18/h5-13,17,23,25H,3-4H2,1-2H3/t17-/m0/s1. The van der Waals surface area contributed by atoms with Gasteiger partial charge in [0.2, 0.25) is 0 Å². The lowest BCUT2D eigenvalue weighted by Gasteiger charge is -2.17. The van der Waals surface area contributed by atoms with Gasteiger partial charge in [0.15, 0.2) is 0 Å². The third-order valence-corrected chi connectivity index (χ3v) is 5.76. The van der Waals surface area contributed by atoms with Gasteiger partial charge in [-0.15, -0.1) is 11.3 Å². The van der Waals surface area contributed by atoms with Crippen LogP contribution in [0.5, 0.6) is 5.75 Å². The van der Waals surface area contributed by atoms with Crippen molar-refractivity contribution < 1.29 is 5.11 Å². The van der Waals surface area contributed by atoms with Crippen molar-refractivity contribution in [2.45, 2.75) is 26.3 Å². The van der Waals surface area contributed by atoms with Crippen LogP contribution in [0.3, 0.4) is 0 Å². The summed E-state index contributed by atoms with van der Waals surface area (Å²) in [6.45, 7) is 5.27. The molecule has 0 radical (unpaired) electrons. The number of phenols is 1. The molecule has 0 aliphatic rings. The van der Waals surface area contributed by atoms with E-state index in [1.54, 1.807) is 17.4 Å². The first-order chi connectivity index (χ1) is 12.7. The molecule has 0 saturated carbocycles. The van der Waals surface area contributed by atoms with Gasteiger partial charge in [-0.3, -0.25) is 4.98 Å². The zero-order valence-electron chi connectivity index (χ0n) is 15.0. The summed E-state index contributed by atoms with van der Waals surface area (Å²) in [5.41, 5.74) is 4.06. The highest BCUT2D eigenvalue weighted by Crippen LogP contribution is 2.40. The number of hydrogen-bond acceptors (Lipinski definition) is 4. The summed E-state index contributed by atoms with van der Waals surface area (Å²) in [5.74, 6) is 0.296. The fourth-order valence-electron chi connectivity index (χ4n) is 3.64.